The largest absolute Gasteiger partial charge is 0.387 e. The van der Waals surface area contributed by atoms with E-state index in [2.05, 4.69) is 5.32 Å². The van der Waals surface area contributed by atoms with Crippen molar-refractivity contribution in [1.29, 1.82) is 0 Å². The number of nitrogens with one attached hydrogen (secondary N) is 1. The lowest BCUT2D eigenvalue weighted by Crippen LogP contribution is -2.45. The van der Waals surface area contributed by atoms with E-state index in [-0.39, 0.29) is 11.9 Å². The van der Waals surface area contributed by atoms with Gasteiger partial charge in [0.15, 0.2) is 0 Å². The van der Waals surface area contributed by atoms with Gasteiger partial charge in [0.05, 0.1) is 12.1 Å². The standard InChI is InChI=1S/C13H22N2O2S/c1-4-15(5-2)13(17)10(3)14-8-12(16)11-6-7-18-9-11/h6-7,9-10,12,14,16H,4-5,8H2,1-3H3. The van der Waals surface area contributed by atoms with Crippen molar-refractivity contribution in [2.24, 2.45) is 0 Å². The molecule has 0 saturated heterocycles. The highest BCUT2D eigenvalue weighted by molar-refractivity contribution is 7.07. The lowest BCUT2D eigenvalue weighted by Gasteiger charge is -2.24. The second-order valence-electron chi connectivity index (χ2n) is 4.21. The summed E-state index contributed by atoms with van der Waals surface area (Å²) in [6.07, 6.45) is -0.553. The first-order valence-electron chi connectivity index (χ1n) is 6.32. The minimum atomic E-state index is -0.553. The van der Waals surface area contributed by atoms with Gasteiger partial charge in [-0.15, -0.1) is 0 Å². The Bertz CT molecular complexity index is 350. The molecule has 0 aliphatic heterocycles. The van der Waals surface area contributed by atoms with Crippen LogP contribution in [0.4, 0.5) is 0 Å². The SMILES string of the molecule is CCN(CC)C(=O)C(C)NCC(O)c1ccsc1. The molecule has 4 nitrogen and oxygen atoms in total. The lowest BCUT2D eigenvalue weighted by molar-refractivity contribution is -0.132. The summed E-state index contributed by atoms with van der Waals surface area (Å²) >= 11 is 1.56. The summed E-state index contributed by atoms with van der Waals surface area (Å²) in [5.41, 5.74) is 0.898. The first-order chi connectivity index (χ1) is 8.60. The molecule has 0 aliphatic rings. The van der Waals surface area contributed by atoms with Gasteiger partial charge in [-0.3, -0.25) is 4.79 Å². The van der Waals surface area contributed by atoms with E-state index in [1.807, 2.05) is 37.6 Å². The zero-order valence-electron chi connectivity index (χ0n) is 11.2. The molecule has 1 heterocycles. The summed E-state index contributed by atoms with van der Waals surface area (Å²) in [6, 6.07) is 1.63. The summed E-state index contributed by atoms with van der Waals surface area (Å²) in [4.78, 5) is 13.8. The summed E-state index contributed by atoms with van der Waals surface area (Å²) in [7, 11) is 0. The lowest BCUT2D eigenvalue weighted by atomic mass is 10.2. The Morgan fingerprint density at radius 3 is 2.67 bits per heavy atom. The van der Waals surface area contributed by atoms with Gasteiger partial charge in [0.25, 0.3) is 0 Å². The van der Waals surface area contributed by atoms with Crippen molar-refractivity contribution in [3.05, 3.63) is 22.4 Å². The fraction of sp³-hybridized carbons (Fsp3) is 0.615. The third kappa shape index (κ3) is 4.08. The van der Waals surface area contributed by atoms with Gasteiger partial charge >= 0.3 is 0 Å². The quantitative estimate of drug-likeness (QED) is 0.792. The molecular weight excluding hydrogens is 248 g/mol. The molecule has 5 heteroatoms. The maximum absolute atomic E-state index is 12.0. The smallest absolute Gasteiger partial charge is 0.239 e. The Labute approximate surface area is 113 Å². The normalized spacial score (nSPS) is 14.2. The van der Waals surface area contributed by atoms with Crippen LogP contribution in [0.15, 0.2) is 16.8 Å². The van der Waals surface area contributed by atoms with Crippen LogP contribution < -0.4 is 5.32 Å². The highest BCUT2D eigenvalue weighted by Crippen LogP contribution is 2.15. The average molecular weight is 270 g/mol. The molecule has 0 fully saturated rings. The predicted molar refractivity (Wildman–Crippen MR) is 74.7 cm³/mol. The molecule has 0 saturated carbocycles. The number of hydrogen-bond donors (Lipinski definition) is 2. The van der Waals surface area contributed by atoms with Gasteiger partial charge in [-0.2, -0.15) is 11.3 Å². The Kier molecular flexibility index (Phi) is 6.32. The van der Waals surface area contributed by atoms with Crippen LogP contribution in [0, 0.1) is 0 Å². The number of carbonyl (C=O) groups is 1. The monoisotopic (exact) mass is 270 g/mol. The predicted octanol–water partition coefficient (Wildman–Crippen LogP) is 1.63. The number of rotatable bonds is 7. The van der Waals surface area contributed by atoms with Crippen LogP contribution >= 0.6 is 11.3 Å². The number of hydrogen-bond acceptors (Lipinski definition) is 4. The Balaban J connectivity index is 2.41. The van der Waals surface area contributed by atoms with Crippen LogP contribution in [0.2, 0.25) is 0 Å². The zero-order chi connectivity index (χ0) is 13.5. The number of carbonyl (C=O) groups excluding carboxylic acids is 1. The molecule has 2 N–H and O–H groups in total. The van der Waals surface area contributed by atoms with Crippen molar-refractivity contribution in [2.45, 2.75) is 32.9 Å². The number of likely N-dealkylation sites (N-methyl/N-ethyl adjacent to an activating group) is 1. The second-order valence-corrected chi connectivity index (χ2v) is 4.99. The number of thiophene rings is 1. The zero-order valence-corrected chi connectivity index (χ0v) is 12.0. The molecule has 0 aromatic carbocycles. The fourth-order valence-electron chi connectivity index (χ4n) is 1.77. The summed E-state index contributed by atoms with van der Waals surface area (Å²) < 4.78 is 0. The Morgan fingerprint density at radius 1 is 1.50 bits per heavy atom. The maximum atomic E-state index is 12.0. The molecule has 0 spiro atoms. The van der Waals surface area contributed by atoms with Crippen LogP contribution in [0.1, 0.15) is 32.4 Å². The van der Waals surface area contributed by atoms with Gasteiger partial charge in [0.2, 0.25) is 5.91 Å². The maximum Gasteiger partial charge on any atom is 0.239 e. The van der Waals surface area contributed by atoms with Gasteiger partial charge in [0, 0.05) is 19.6 Å². The van der Waals surface area contributed by atoms with E-state index in [0.717, 1.165) is 5.56 Å². The van der Waals surface area contributed by atoms with E-state index < -0.39 is 6.10 Å². The Morgan fingerprint density at radius 2 is 2.17 bits per heavy atom. The van der Waals surface area contributed by atoms with Crippen LogP contribution in [0.25, 0.3) is 0 Å². The van der Waals surface area contributed by atoms with Crippen LogP contribution in [-0.2, 0) is 4.79 Å². The van der Waals surface area contributed by atoms with Gasteiger partial charge in [-0.25, -0.2) is 0 Å². The van der Waals surface area contributed by atoms with Crippen molar-refractivity contribution in [3.63, 3.8) is 0 Å². The molecule has 1 aromatic rings. The van der Waals surface area contributed by atoms with Crippen molar-refractivity contribution in [1.82, 2.24) is 10.2 Å². The van der Waals surface area contributed by atoms with Gasteiger partial charge < -0.3 is 15.3 Å². The highest BCUT2D eigenvalue weighted by atomic mass is 32.1. The minimum Gasteiger partial charge on any atom is -0.387 e. The number of amides is 1. The van der Waals surface area contributed by atoms with E-state index >= 15 is 0 Å². The molecule has 0 radical (unpaired) electrons. The molecule has 2 atom stereocenters. The fourth-order valence-corrected chi connectivity index (χ4v) is 2.47. The third-order valence-electron chi connectivity index (χ3n) is 2.99. The van der Waals surface area contributed by atoms with E-state index in [1.54, 1.807) is 16.2 Å². The minimum absolute atomic E-state index is 0.0810. The molecule has 102 valence electrons. The van der Waals surface area contributed by atoms with E-state index in [1.165, 1.54) is 0 Å². The van der Waals surface area contributed by atoms with Crippen molar-refractivity contribution in [2.75, 3.05) is 19.6 Å². The number of nitrogens with zero attached hydrogens (tertiary/aromatic N) is 1. The first kappa shape index (κ1) is 15.1. The molecule has 18 heavy (non-hydrogen) atoms. The second kappa shape index (κ2) is 7.51. The summed E-state index contributed by atoms with van der Waals surface area (Å²) in [5, 5.41) is 16.8. The van der Waals surface area contributed by atoms with Crippen LogP contribution in [-0.4, -0.2) is 41.6 Å². The van der Waals surface area contributed by atoms with Gasteiger partial charge in [-0.05, 0) is 43.2 Å². The average Bonchev–Trinajstić information content (AvgIpc) is 2.90. The van der Waals surface area contributed by atoms with Crippen molar-refractivity contribution >= 4 is 17.2 Å². The van der Waals surface area contributed by atoms with E-state index in [9.17, 15) is 9.90 Å². The summed E-state index contributed by atoms with van der Waals surface area (Å²) in [6.45, 7) is 7.59. The third-order valence-corrected chi connectivity index (χ3v) is 3.69. The van der Waals surface area contributed by atoms with Gasteiger partial charge in [-0.1, -0.05) is 0 Å². The van der Waals surface area contributed by atoms with Crippen LogP contribution in [0.3, 0.4) is 0 Å². The molecular formula is C13H22N2O2S. The van der Waals surface area contributed by atoms with E-state index in [4.69, 9.17) is 0 Å². The van der Waals surface area contributed by atoms with Crippen LogP contribution in [0.5, 0.6) is 0 Å². The molecule has 1 rings (SSSR count). The number of aliphatic hydroxyl groups excluding tert-OH is 1. The topological polar surface area (TPSA) is 52.6 Å². The van der Waals surface area contributed by atoms with Gasteiger partial charge in [0.1, 0.15) is 0 Å². The Hall–Kier alpha value is -0.910. The summed E-state index contributed by atoms with van der Waals surface area (Å²) in [5.74, 6) is 0.0810. The molecule has 1 amide bonds. The molecule has 0 bridgehead atoms. The molecule has 0 aliphatic carbocycles. The highest BCUT2D eigenvalue weighted by Gasteiger charge is 2.18. The van der Waals surface area contributed by atoms with E-state index in [0.29, 0.717) is 19.6 Å². The van der Waals surface area contributed by atoms with Crippen molar-refractivity contribution < 1.29 is 9.90 Å². The number of aliphatic hydroxyl groups is 1. The molecule has 2 unspecified atom stereocenters. The molecule has 1 aromatic heterocycles. The first-order valence-corrected chi connectivity index (χ1v) is 7.26. The van der Waals surface area contributed by atoms with Crippen molar-refractivity contribution in [3.8, 4) is 0 Å².